The molecule has 0 fully saturated rings. The van der Waals surface area contributed by atoms with E-state index in [0.29, 0.717) is 11.1 Å². The molecule has 0 atom stereocenters. The zero-order valence-corrected chi connectivity index (χ0v) is 12.1. The van der Waals surface area contributed by atoms with Gasteiger partial charge in [-0.1, -0.05) is 18.3 Å². The number of aryl methyl sites for hydroxylation is 1. The van der Waals surface area contributed by atoms with Crippen LogP contribution < -0.4 is 10.9 Å². The number of pyridine rings is 1. The highest BCUT2D eigenvalue weighted by Gasteiger charge is 2.34. The van der Waals surface area contributed by atoms with Gasteiger partial charge in [-0.05, 0) is 18.6 Å². The molecule has 0 bridgehead atoms. The lowest BCUT2D eigenvalue weighted by Gasteiger charge is -2.07. The van der Waals surface area contributed by atoms with E-state index in [1.165, 1.54) is 11.3 Å². The minimum absolute atomic E-state index is 0.0829. The molecule has 0 aromatic carbocycles. The lowest BCUT2D eigenvalue weighted by molar-refractivity contribution is -0.138. The molecule has 0 unspecified atom stereocenters. The van der Waals surface area contributed by atoms with E-state index < -0.39 is 23.2 Å². The summed E-state index contributed by atoms with van der Waals surface area (Å²) in [7, 11) is 0. The van der Waals surface area contributed by atoms with Crippen molar-refractivity contribution in [3.05, 3.63) is 43.8 Å². The van der Waals surface area contributed by atoms with Crippen molar-refractivity contribution in [2.45, 2.75) is 26.1 Å². The van der Waals surface area contributed by atoms with Crippen molar-refractivity contribution in [1.82, 2.24) is 20.5 Å². The molecule has 2 rings (SSSR count). The Hall–Kier alpha value is -2.23. The van der Waals surface area contributed by atoms with E-state index in [2.05, 4.69) is 15.5 Å². The number of aromatic amines is 1. The Morgan fingerprint density at radius 3 is 2.55 bits per heavy atom. The van der Waals surface area contributed by atoms with Crippen LogP contribution in [0.3, 0.4) is 0 Å². The number of carbonyl (C=O) groups excluding carboxylic acids is 1. The SMILES string of the molecule is CCc1nnc(CNC(=O)c2ccc(C(F)(F)F)c(=O)[nH]2)s1. The Morgan fingerprint density at radius 1 is 1.32 bits per heavy atom. The van der Waals surface area contributed by atoms with E-state index in [4.69, 9.17) is 0 Å². The normalized spacial score (nSPS) is 11.5. The van der Waals surface area contributed by atoms with Crippen LogP contribution in [0, 0.1) is 0 Å². The summed E-state index contributed by atoms with van der Waals surface area (Å²) in [6.45, 7) is 2.00. The molecule has 1 amide bonds. The maximum absolute atomic E-state index is 12.5. The van der Waals surface area contributed by atoms with Crippen molar-refractivity contribution in [1.29, 1.82) is 0 Å². The van der Waals surface area contributed by atoms with E-state index in [1.54, 1.807) is 0 Å². The minimum Gasteiger partial charge on any atom is -0.344 e. The molecule has 0 spiro atoms. The number of alkyl halides is 3. The number of rotatable bonds is 4. The molecule has 6 nitrogen and oxygen atoms in total. The van der Waals surface area contributed by atoms with Gasteiger partial charge in [0.05, 0.1) is 6.54 Å². The van der Waals surface area contributed by atoms with Gasteiger partial charge in [0.1, 0.15) is 21.3 Å². The molecule has 10 heteroatoms. The summed E-state index contributed by atoms with van der Waals surface area (Å²) in [6.07, 6.45) is -4.04. The number of carbonyl (C=O) groups is 1. The number of nitrogens with one attached hydrogen (secondary N) is 2. The van der Waals surface area contributed by atoms with Crippen LogP contribution in [-0.2, 0) is 19.1 Å². The van der Waals surface area contributed by atoms with Crippen molar-refractivity contribution in [3.8, 4) is 0 Å². The zero-order chi connectivity index (χ0) is 16.3. The highest BCUT2D eigenvalue weighted by molar-refractivity contribution is 7.11. The fourth-order valence-corrected chi connectivity index (χ4v) is 2.31. The Labute approximate surface area is 126 Å². The molecular formula is C12H11F3N4O2S. The predicted molar refractivity (Wildman–Crippen MR) is 72.5 cm³/mol. The Bertz CT molecular complexity index is 738. The first-order valence-corrected chi connectivity index (χ1v) is 7.03. The summed E-state index contributed by atoms with van der Waals surface area (Å²) in [5.74, 6) is -0.695. The predicted octanol–water partition coefficient (Wildman–Crippen LogP) is 1.74. The monoisotopic (exact) mass is 332 g/mol. The van der Waals surface area contributed by atoms with Gasteiger partial charge < -0.3 is 10.3 Å². The van der Waals surface area contributed by atoms with Crippen molar-refractivity contribution in [2.24, 2.45) is 0 Å². The second-order valence-corrected chi connectivity index (χ2v) is 5.38. The zero-order valence-electron chi connectivity index (χ0n) is 11.3. The van der Waals surface area contributed by atoms with Crippen LogP contribution >= 0.6 is 11.3 Å². The average Bonchev–Trinajstić information content (AvgIpc) is 2.91. The molecule has 2 aromatic rings. The third kappa shape index (κ3) is 3.70. The van der Waals surface area contributed by atoms with Crippen LogP contribution in [0.5, 0.6) is 0 Å². The molecule has 0 radical (unpaired) electrons. The van der Waals surface area contributed by atoms with Gasteiger partial charge in [0.15, 0.2) is 0 Å². The Balaban J connectivity index is 2.07. The molecule has 2 N–H and O–H groups in total. The second-order valence-electron chi connectivity index (χ2n) is 4.24. The van der Waals surface area contributed by atoms with Crippen molar-refractivity contribution < 1.29 is 18.0 Å². The summed E-state index contributed by atoms with van der Waals surface area (Å²) >= 11 is 1.32. The van der Waals surface area contributed by atoms with E-state index in [0.717, 1.165) is 17.5 Å². The molecule has 0 saturated heterocycles. The fourth-order valence-electron chi connectivity index (χ4n) is 1.58. The van der Waals surface area contributed by atoms with E-state index in [9.17, 15) is 22.8 Å². The highest BCUT2D eigenvalue weighted by atomic mass is 32.1. The van der Waals surface area contributed by atoms with Crippen molar-refractivity contribution >= 4 is 17.2 Å². The topological polar surface area (TPSA) is 87.7 Å². The maximum atomic E-state index is 12.5. The standard InChI is InChI=1S/C12H11F3N4O2S/c1-2-8-18-19-9(22-8)5-16-11(21)7-4-3-6(10(20)17-7)12(13,14)15/h3-4H,2,5H2,1H3,(H,16,21)(H,17,20). The number of amides is 1. The summed E-state index contributed by atoms with van der Waals surface area (Å²) in [5, 5.41) is 11.6. The molecule has 2 aromatic heterocycles. The summed E-state index contributed by atoms with van der Waals surface area (Å²) in [5.41, 5.74) is -2.96. The highest BCUT2D eigenvalue weighted by Crippen LogP contribution is 2.25. The smallest absolute Gasteiger partial charge is 0.344 e. The van der Waals surface area contributed by atoms with Crippen LogP contribution in [0.15, 0.2) is 16.9 Å². The summed E-state index contributed by atoms with van der Waals surface area (Å²) < 4.78 is 37.4. The van der Waals surface area contributed by atoms with Crippen LogP contribution in [0.2, 0.25) is 0 Å². The lowest BCUT2D eigenvalue weighted by Crippen LogP contribution is -2.28. The van der Waals surface area contributed by atoms with Gasteiger partial charge in [-0.15, -0.1) is 10.2 Å². The minimum atomic E-state index is -4.76. The Morgan fingerprint density at radius 2 is 2.00 bits per heavy atom. The third-order valence-electron chi connectivity index (χ3n) is 2.67. The quantitative estimate of drug-likeness (QED) is 0.893. The largest absolute Gasteiger partial charge is 0.421 e. The summed E-state index contributed by atoms with van der Waals surface area (Å²) in [6, 6.07) is 1.49. The second kappa shape index (κ2) is 6.26. The number of halogens is 3. The average molecular weight is 332 g/mol. The van der Waals surface area contributed by atoms with Gasteiger partial charge >= 0.3 is 6.18 Å². The third-order valence-corrected chi connectivity index (χ3v) is 3.74. The van der Waals surface area contributed by atoms with E-state index in [1.807, 2.05) is 11.9 Å². The molecule has 0 aliphatic rings. The van der Waals surface area contributed by atoms with E-state index in [-0.39, 0.29) is 12.2 Å². The molecule has 22 heavy (non-hydrogen) atoms. The number of hydrogen-bond acceptors (Lipinski definition) is 5. The molecule has 0 saturated carbocycles. The number of nitrogens with zero attached hydrogens (tertiary/aromatic N) is 2. The van der Waals surface area contributed by atoms with Crippen LogP contribution in [0.4, 0.5) is 13.2 Å². The molecule has 0 aliphatic heterocycles. The number of hydrogen-bond donors (Lipinski definition) is 2. The Kier molecular flexibility index (Phi) is 4.59. The fraction of sp³-hybridized carbons (Fsp3) is 0.333. The molecule has 0 aliphatic carbocycles. The summed E-state index contributed by atoms with van der Waals surface area (Å²) in [4.78, 5) is 25.0. The van der Waals surface area contributed by atoms with Crippen LogP contribution in [0.25, 0.3) is 0 Å². The molecule has 118 valence electrons. The first-order chi connectivity index (χ1) is 10.3. The lowest BCUT2D eigenvalue weighted by atomic mass is 10.2. The van der Waals surface area contributed by atoms with Crippen LogP contribution in [-0.4, -0.2) is 21.1 Å². The van der Waals surface area contributed by atoms with Crippen molar-refractivity contribution in [3.63, 3.8) is 0 Å². The van der Waals surface area contributed by atoms with Gasteiger partial charge in [-0.25, -0.2) is 0 Å². The van der Waals surface area contributed by atoms with Crippen LogP contribution in [0.1, 0.15) is 33.0 Å². The first kappa shape index (κ1) is 16.1. The number of H-pyrrole nitrogens is 1. The van der Waals surface area contributed by atoms with Gasteiger partial charge in [0.25, 0.3) is 11.5 Å². The van der Waals surface area contributed by atoms with Gasteiger partial charge in [0, 0.05) is 0 Å². The number of aromatic nitrogens is 3. The van der Waals surface area contributed by atoms with Gasteiger partial charge in [-0.2, -0.15) is 13.2 Å². The van der Waals surface area contributed by atoms with Crippen molar-refractivity contribution in [2.75, 3.05) is 0 Å². The molecule has 2 heterocycles. The maximum Gasteiger partial charge on any atom is 0.421 e. The molecular weight excluding hydrogens is 321 g/mol. The van der Waals surface area contributed by atoms with E-state index >= 15 is 0 Å². The first-order valence-electron chi connectivity index (χ1n) is 6.21. The van der Waals surface area contributed by atoms with Gasteiger partial charge in [0.2, 0.25) is 0 Å². The van der Waals surface area contributed by atoms with Gasteiger partial charge in [-0.3, -0.25) is 9.59 Å².